The van der Waals surface area contributed by atoms with E-state index in [9.17, 15) is 0 Å². The summed E-state index contributed by atoms with van der Waals surface area (Å²) in [5.74, 6) is 1.86. The monoisotopic (exact) mass is 292 g/mol. The summed E-state index contributed by atoms with van der Waals surface area (Å²) in [5.41, 5.74) is 9.96. The zero-order chi connectivity index (χ0) is 16.0. The van der Waals surface area contributed by atoms with Crippen molar-refractivity contribution in [3.05, 3.63) is 22.3 Å². The molecule has 0 aliphatic rings. The lowest BCUT2D eigenvalue weighted by atomic mass is 9.94. The largest absolute Gasteiger partial charge is 0.496 e. The number of hydrogen-bond donors (Lipinski definition) is 2. The second-order valence-electron chi connectivity index (χ2n) is 5.04. The van der Waals surface area contributed by atoms with E-state index >= 15 is 0 Å². The average molecular weight is 292 g/mol. The summed E-state index contributed by atoms with van der Waals surface area (Å²) < 4.78 is 12.8. The van der Waals surface area contributed by atoms with Gasteiger partial charge in [0, 0.05) is 5.56 Å². The summed E-state index contributed by atoms with van der Waals surface area (Å²) in [6.45, 7) is 6.87. The van der Waals surface area contributed by atoms with Crippen molar-refractivity contribution in [2.75, 3.05) is 20.8 Å². The second-order valence-corrected chi connectivity index (χ2v) is 5.04. The molecule has 116 valence electrons. The van der Waals surface area contributed by atoms with Crippen LogP contribution in [0.15, 0.2) is 0 Å². The van der Waals surface area contributed by atoms with Crippen molar-refractivity contribution in [3.8, 4) is 11.5 Å². The number of nitrogens with one attached hydrogen (secondary N) is 1. The highest BCUT2D eigenvalue weighted by atomic mass is 16.5. The highest BCUT2D eigenvalue weighted by Gasteiger charge is 2.18. The van der Waals surface area contributed by atoms with Crippen LogP contribution in [0.4, 0.5) is 0 Å². The minimum Gasteiger partial charge on any atom is -0.496 e. The fraction of sp³-hybridized carbons (Fsp3) is 0.500. The molecule has 0 aliphatic heterocycles. The van der Waals surface area contributed by atoms with Gasteiger partial charge in [0.25, 0.3) is 0 Å². The van der Waals surface area contributed by atoms with E-state index in [0.717, 1.165) is 41.0 Å². The van der Waals surface area contributed by atoms with Gasteiger partial charge in [0.05, 0.1) is 20.8 Å². The van der Waals surface area contributed by atoms with E-state index in [0.29, 0.717) is 6.54 Å². The summed E-state index contributed by atoms with van der Waals surface area (Å²) >= 11 is 0. The van der Waals surface area contributed by atoms with Gasteiger partial charge in [-0.05, 0) is 50.3 Å². The molecule has 0 spiro atoms. The number of ether oxygens (including phenoxy) is 2. The van der Waals surface area contributed by atoms with Gasteiger partial charge >= 0.3 is 0 Å². The third-order valence-corrected chi connectivity index (χ3v) is 3.92. The highest BCUT2D eigenvalue weighted by molar-refractivity contribution is 5.58. The van der Waals surface area contributed by atoms with Gasteiger partial charge in [0.15, 0.2) is 6.34 Å². The molecule has 1 rings (SSSR count). The fourth-order valence-electron chi connectivity index (χ4n) is 2.66. The first kappa shape index (κ1) is 17.0. The molecule has 5 nitrogen and oxygen atoms in total. The van der Waals surface area contributed by atoms with Crippen LogP contribution in [-0.4, -0.2) is 38.0 Å². The third-order valence-electron chi connectivity index (χ3n) is 3.92. The molecule has 0 aromatic heterocycles. The number of hydrogen-bond acceptors (Lipinski definition) is 3. The van der Waals surface area contributed by atoms with Crippen molar-refractivity contribution in [2.24, 2.45) is 5.73 Å². The summed E-state index contributed by atoms with van der Waals surface area (Å²) in [7, 11) is 3.40. The average Bonchev–Trinajstić information content (AvgIpc) is 2.49. The van der Waals surface area contributed by atoms with Crippen LogP contribution < -0.4 is 15.2 Å². The van der Waals surface area contributed by atoms with E-state index < -0.39 is 0 Å². The predicted molar refractivity (Wildman–Crippen MR) is 86.2 cm³/mol. The number of methoxy groups -OCH3 is 2. The molecule has 0 heterocycles. The van der Waals surface area contributed by atoms with Gasteiger partial charge < -0.3 is 15.2 Å². The molecule has 21 heavy (non-hydrogen) atoms. The van der Waals surface area contributed by atoms with Crippen LogP contribution in [0.2, 0.25) is 0 Å². The van der Waals surface area contributed by atoms with Crippen molar-refractivity contribution in [1.29, 1.82) is 5.41 Å². The van der Waals surface area contributed by atoms with Crippen LogP contribution in [-0.2, 0) is 6.42 Å². The Morgan fingerprint density at radius 3 is 2.10 bits per heavy atom. The van der Waals surface area contributed by atoms with Gasteiger partial charge in [0.2, 0.25) is 6.34 Å². The lowest BCUT2D eigenvalue weighted by molar-refractivity contribution is -0.395. The first-order valence-electron chi connectivity index (χ1n) is 7.03. The van der Waals surface area contributed by atoms with Gasteiger partial charge in [0.1, 0.15) is 11.5 Å². The quantitative estimate of drug-likeness (QED) is 0.459. The summed E-state index contributed by atoms with van der Waals surface area (Å²) in [6, 6.07) is 0. The van der Waals surface area contributed by atoms with Crippen LogP contribution in [0.3, 0.4) is 0 Å². The van der Waals surface area contributed by atoms with Crippen LogP contribution in [0.5, 0.6) is 11.5 Å². The first-order valence-corrected chi connectivity index (χ1v) is 7.03. The van der Waals surface area contributed by atoms with E-state index in [4.69, 9.17) is 20.6 Å². The minimum absolute atomic E-state index is 0.706. The van der Waals surface area contributed by atoms with Crippen LogP contribution >= 0.6 is 0 Å². The molecule has 0 fully saturated rings. The van der Waals surface area contributed by atoms with E-state index in [1.165, 1.54) is 18.2 Å². The smallest absolute Gasteiger partial charge is 0.216 e. The number of benzene rings is 1. The Morgan fingerprint density at radius 2 is 1.62 bits per heavy atom. The van der Waals surface area contributed by atoms with Crippen molar-refractivity contribution in [3.63, 3.8) is 0 Å². The summed E-state index contributed by atoms with van der Waals surface area (Å²) in [6.07, 6.45) is 4.37. The maximum absolute atomic E-state index is 7.23. The maximum atomic E-state index is 7.23. The van der Waals surface area contributed by atoms with E-state index in [-0.39, 0.29) is 0 Å². The normalized spacial score (nSPS) is 11.4. The number of nitrogens with zero attached hydrogens (tertiary/aromatic N) is 1. The molecule has 5 heteroatoms. The van der Waals surface area contributed by atoms with Gasteiger partial charge in [-0.3, -0.25) is 0 Å². The van der Waals surface area contributed by atoms with Crippen molar-refractivity contribution in [2.45, 2.75) is 33.6 Å². The third kappa shape index (κ3) is 3.54. The van der Waals surface area contributed by atoms with E-state index in [1.54, 1.807) is 18.8 Å². The molecule has 0 atom stereocenters. The van der Waals surface area contributed by atoms with Crippen molar-refractivity contribution in [1.82, 2.24) is 0 Å². The highest BCUT2D eigenvalue weighted by Crippen LogP contribution is 2.38. The number of nitrogens with two attached hydrogens (primary N) is 1. The Balaban J connectivity index is 3.11. The maximum Gasteiger partial charge on any atom is 0.216 e. The predicted octanol–water partition coefficient (Wildman–Crippen LogP) is 2.17. The van der Waals surface area contributed by atoms with Crippen LogP contribution in [0, 0.1) is 26.2 Å². The molecule has 1 aromatic rings. The topological polar surface area (TPSA) is 71.3 Å². The second kappa shape index (κ2) is 7.67. The first-order chi connectivity index (χ1) is 10.0. The molecular weight excluding hydrogens is 266 g/mol. The Hall–Kier alpha value is -2.04. The minimum atomic E-state index is 0.706. The Kier molecular flexibility index (Phi) is 6.21. The Bertz CT molecular complexity index is 551. The van der Waals surface area contributed by atoms with Gasteiger partial charge in [-0.25, -0.2) is 4.58 Å². The summed E-state index contributed by atoms with van der Waals surface area (Å²) in [4.78, 5) is 0. The van der Waals surface area contributed by atoms with Gasteiger partial charge in [-0.2, -0.15) is 5.41 Å². The van der Waals surface area contributed by atoms with E-state index in [1.807, 2.05) is 6.92 Å². The van der Waals surface area contributed by atoms with Gasteiger partial charge in [-0.1, -0.05) is 0 Å². The molecule has 0 aliphatic carbocycles. The molecule has 0 saturated carbocycles. The lowest BCUT2D eigenvalue weighted by Gasteiger charge is -2.20. The van der Waals surface area contributed by atoms with Crippen LogP contribution in [0.1, 0.15) is 28.7 Å². The lowest BCUT2D eigenvalue weighted by Crippen LogP contribution is -2.17. The van der Waals surface area contributed by atoms with Gasteiger partial charge in [-0.15, -0.1) is 0 Å². The Morgan fingerprint density at radius 1 is 1.05 bits per heavy atom. The molecule has 0 unspecified atom stereocenters. The number of rotatable bonds is 7. The van der Waals surface area contributed by atoms with Crippen molar-refractivity contribution >= 4 is 12.7 Å². The fourth-order valence-corrected chi connectivity index (χ4v) is 2.66. The molecule has 0 bridgehead atoms. The van der Waals surface area contributed by atoms with Crippen molar-refractivity contribution < 1.29 is 14.0 Å². The molecule has 0 saturated heterocycles. The zero-order valence-electron chi connectivity index (χ0n) is 13.6. The Labute approximate surface area is 126 Å². The summed E-state index contributed by atoms with van der Waals surface area (Å²) in [5, 5.41) is 7.23. The molecule has 3 N–H and O–H groups in total. The van der Waals surface area contributed by atoms with Crippen LogP contribution in [0.25, 0.3) is 0 Å². The zero-order valence-corrected chi connectivity index (χ0v) is 13.6. The van der Waals surface area contributed by atoms with E-state index in [2.05, 4.69) is 13.8 Å². The molecular formula is C16H26N3O2+. The standard InChI is InChI=1S/C16H25N3O2/c1-11-12(2)16(21-5)14(13(3)15(11)20-4)7-6-8-19(9-17)10-18/h9-10,17-18H,6-8H2,1-5H3/p+1. The SMILES string of the molecule is COc1c(C)c(C)c(OC)c(CCC[N+](C=N)=CN)c1C. The molecule has 0 amide bonds. The molecule has 1 aromatic carbocycles. The molecule has 0 radical (unpaired) electrons.